The van der Waals surface area contributed by atoms with E-state index in [-0.39, 0.29) is 11.6 Å². The van der Waals surface area contributed by atoms with Gasteiger partial charge in [-0.3, -0.25) is 4.79 Å². The summed E-state index contributed by atoms with van der Waals surface area (Å²) in [4.78, 5) is 11.3. The molecule has 0 spiro atoms. The highest BCUT2D eigenvalue weighted by atomic mass is 16.6. The molecule has 0 heterocycles. The predicted octanol–water partition coefficient (Wildman–Crippen LogP) is 2.46. The lowest BCUT2D eigenvalue weighted by atomic mass is 10.2. The Balaban J connectivity index is 3.46. The monoisotopic (exact) mass is 225 g/mol. The number of carbonyl (C=O) groups is 1. The number of hydrogen-bond donors (Lipinski definition) is 1. The van der Waals surface area contributed by atoms with Crippen LogP contribution in [0.25, 0.3) is 0 Å². The number of rotatable bonds is 5. The van der Waals surface area contributed by atoms with Crippen LogP contribution in [0, 0.1) is 12.0 Å². The summed E-state index contributed by atoms with van der Waals surface area (Å²) in [5.41, 5.74) is -0.383. The molecule has 0 fully saturated rings. The van der Waals surface area contributed by atoms with Crippen molar-refractivity contribution in [2.75, 3.05) is 6.54 Å². The van der Waals surface area contributed by atoms with Crippen LogP contribution in [0.15, 0.2) is 0 Å². The molecule has 0 saturated heterocycles. The summed E-state index contributed by atoms with van der Waals surface area (Å²) in [5.74, 6) is 2.84. The first-order chi connectivity index (χ1) is 7.45. The first kappa shape index (κ1) is 14.8. The lowest BCUT2D eigenvalue weighted by Crippen LogP contribution is -2.24. The van der Waals surface area contributed by atoms with Crippen LogP contribution in [0.5, 0.6) is 0 Å². The van der Waals surface area contributed by atoms with Crippen molar-refractivity contribution in [2.24, 2.45) is 0 Å². The second-order valence-corrected chi connectivity index (χ2v) is 4.67. The van der Waals surface area contributed by atoms with Gasteiger partial charge in [-0.25, -0.2) is 0 Å². The molecular formula is C13H23NO2. The van der Waals surface area contributed by atoms with Gasteiger partial charge < -0.3 is 10.1 Å². The third kappa shape index (κ3) is 10.9. The summed E-state index contributed by atoms with van der Waals surface area (Å²) in [5, 5.41) is 2.97. The van der Waals surface area contributed by atoms with Gasteiger partial charge in [0.15, 0.2) is 0 Å². The zero-order chi connectivity index (χ0) is 12.4. The summed E-state index contributed by atoms with van der Waals surface area (Å²) in [6.45, 7) is 8.45. The summed E-state index contributed by atoms with van der Waals surface area (Å²) < 4.78 is 5.18. The van der Waals surface area contributed by atoms with Crippen molar-refractivity contribution in [3.05, 3.63) is 0 Å². The van der Waals surface area contributed by atoms with Gasteiger partial charge in [0.25, 0.3) is 0 Å². The first-order valence-electron chi connectivity index (χ1n) is 5.88. The molecular weight excluding hydrogens is 202 g/mol. The van der Waals surface area contributed by atoms with Crippen molar-refractivity contribution in [3.8, 4) is 12.0 Å². The van der Waals surface area contributed by atoms with Crippen molar-refractivity contribution in [2.45, 2.75) is 59.0 Å². The Kier molecular flexibility index (Phi) is 7.45. The normalized spacial score (nSPS) is 10.2. The van der Waals surface area contributed by atoms with Crippen molar-refractivity contribution in [1.82, 2.24) is 5.32 Å². The third-order valence-electron chi connectivity index (χ3n) is 1.65. The van der Waals surface area contributed by atoms with E-state index in [4.69, 9.17) is 4.74 Å². The molecule has 0 rings (SSSR count). The third-order valence-corrected chi connectivity index (χ3v) is 1.65. The quantitative estimate of drug-likeness (QED) is 0.338. The minimum Gasteiger partial charge on any atom is -0.460 e. The maximum absolute atomic E-state index is 11.3. The van der Waals surface area contributed by atoms with E-state index < -0.39 is 0 Å². The molecule has 16 heavy (non-hydrogen) atoms. The van der Waals surface area contributed by atoms with Gasteiger partial charge in [0.05, 0.1) is 0 Å². The Morgan fingerprint density at radius 1 is 1.38 bits per heavy atom. The molecule has 0 aliphatic rings. The van der Waals surface area contributed by atoms with Crippen LogP contribution < -0.4 is 5.32 Å². The molecule has 0 amide bonds. The molecule has 0 aromatic heterocycles. The van der Waals surface area contributed by atoms with Gasteiger partial charge in [-0.1, -0.05) is 12.8 Å². The van der Waals surface area contributed by atoms with E-state index in [1.165, 1.54) is 0 Å². The molecule has 0 unspecified atom stereocenters. The Hall–Kier alpha value is -1.17. The zero-order valence-corrected chi connectivity index (χ0v) is 10.9. The summed E-state index contributed by atoms with van der Waals surface area (Å²) in [6, 6.07) is 2.86. The van der Waals surface area contributed by atoms with E-state index >= 15 is 0 Å². The molecule has 0 aliphatic heterocycles. The van der Waals surface area contributed by atoms with Crippen molar-refractivity contribution in [3.63, 3.8) is 0 Å². The number of ether oxygens (including phenoxy) is 1. The van der Waals surface area contributed by atoms with E-state index in [2.05, 4.69) is 24.2 Å². The van der Waals surface area contributed by atoms with Gasteiger partial charge >= 0.3 is 5.97 Å². The van der Waals surface area contributed by atoms with Crippen LogP contribution >= 0.6 is 0 Å². The van der Waals surface area contributed by atoms with E-state index in [1.807, 2.05) is 20.8 Å². The number of hydrogen-bond acceptors (Lipinski definition) is 3. The fraction of sp³-hybridized carbons (Fsp3) is 0.769. The summed E-state index contributed by atoms with van der Waals surface area (Å²) in [6.07, 6.45) is 3.20. The molecule has 0 aromatic rings. The van der Waals surface area contributed by atoms with E-state index in [1.54, 1.807) is 0 Å². The largest absolute Gasteiger partial charge is 0.460 e. The predicted molar refractivity (Wildman–Crippen MR) is 65.8 cm³/mol. The average molecular weight is 225 g/mol. The topological polar surface area (TPSA) is 38.3 Å². The molecule has 0 aromatic carbocycles. The number of carbonyl (C=O) groups excluding carboxylic acids is 1. The Bertz CT molecular complexity index is 255. The molecule has 1 N–H and O–H groups in total. The molecule has 3 heteroatoms. The van der Waals surface area contributed by atoms with Crippen LogP contribution in [0.1, 0.15) is 53.4 Å². The molecule has 0 atom stereocenters. The molecule has 0 saturated carbocycles. The van der Waals surface area contributed by atoms with Crippen LogP contribution in [-0.4, -0.2) is 18.1 Å². The SMILES string of the molecule is CCCC#CNCCCC(=O)OC(C)(C)C. The lowest BCUT2D eigenvalue weighted by Gasteiger charge is -2.19. The highest BCUT2D eigenvalue weighted by Crippen LogP contribution is 2.08. The minimum atomic E-state index is -0.383. The molecule has 92 valence electrons. The highest BCUT2D eigenvalue weighted by molar-refractivity contribution is 5.69. The van der Waals surface area contributed by atoms with Crippen molar-refractivity contribution < 1.29 is 9.53 Å². The number of esters is 1. The fourth-order valence-corrected chi connectivity index (χ4v) is 1.03. The summed E-state index contributed by atoms with van der Waals surface area (Å²) >= 11 is 0. The molecule has 0 radical (unpaired) electrons. The average Bonchev–Trinajstić information content (AvgIpc) is 2.13. The van der Waals surface area contributed by atoms with Crippen molar-refractivity contribution >= 4 is 5.97 Å². The maximum atomic E-state index is 11.3. The number of unbranched alkanes of at least 4 members (excludes halogenated alkanes) is 1. The van der Waals surface area contributed by atoms with E-state index in [0.29, 0.717) is 6.42 Å². The maximum Gasteiger partial charge on any atom is 0.306 e. The Morgan fingerprint density at radius 2 is 2.06 bits per heavy atom. The Morgan fingerprint density at radius 3 is 2.62 bits per heavy atom. The van der Waals surface area contributed by atoms with Gasteiger partial charge in [-0.05, 0) is 33.6 Å². The van der Waals surface area contributed by atoms with Gasteiger partial charge in [-0.2, -0.15) is 0 Å². The number of nitrogens with one attached hydrogen (secondary N) is 1. The molecule has 0 bridgehead atoms. The Labute approximate surface area is 98.9 Å². The lowest BCUT2D eigenvalue weighted by molar-refractivity contribution is -0.154. The highest BCUT2D eigenvalue weighted by Gasteiger charge is 2.15. The molecule has 3 nitrogen and oxygen atoms in total. The second kappa shape index (κ2) is 8.04. The zero-order valence-electron chi connectivity index (χ0n) is 10.9. The smallest absolute Gasteiger partial charge is 0.306 e. The van der Waals surface area contributed by atoms with Crippen LogP contribution in [0.2, 0.25) is 0 Å². The first-order valence-corrected chi connectivity index (χ1v) is 5.88. The van der Waals surface area contributed by atoms with Crippen LogP contribution in [0.3, 0.4) is 0 Å². The van der Waals surface area contributed by atoms with Crippen LogP contribution in [0.4, 0.5) is 0 Å². The summed E-state index contributed by atoms with van der Waals surface area (Å²) in [7, 11) is 0. The van der Waals surface area contributed by atoms with E-state index in [9.17, 15) is 4.79 Å². The van der Waals surface area contributed by atoms with Gasteiger partial charge in [0, 0.05) is 25.4 Å². The van der Waals surface area contributed by atoms with E-state index in [0.717, 1.165) is 25.8 Å². The van der Waals surface area contributed by atoms with Gasteiger partial charge in [-0.15, -0.1) is 0 Å². The standard InChI is InChI=1S/C13H23NO2/c1-5-6-7-10-14-11-8-9-12(15)16-13(2,3)4/h14H,5-6,8-9,11H2,1-4H3. The van der Waals surface area contributed by atoms with Gasteiger partial charge in [0.1, 0.15) is 5.60 Å². The minimum absolute atomic E-state index is 0.143. The van der Waals surface area contributed by atoms with Gasteiger partial charge in [0.2, 0.25) is 0 Å². The second-order valence-electron chi connectivity index (χ2n) is 4.67. The van der Waals surface area contributed by atoms with Crippen LogP contribution in [-0.2, 0) is 9.53 Å². The van der Waals surface area contributed by atoms with Crippen molar-refractivity contribution in [1.29, 1.82) is 0 Å². The molecule has 0 aliphatic carbocycles. The fourth-order valence-electron chi connectivity index (χ4n) is 1.03.